The van der Waals surface area contributed by atoms with Gasteiger partial charge >= 0.3 is 11.9 Å². The summed E-state index contributed by atoms with van der Waals surface area (Å²) in [5, 5.41) is 14.0. The fraction of sp³-hybridized carbons (Fsp3) is 0.729. The number of aromatic nitrogens is 1. The summed E-state index contributed by atoms with van der Waals surface area (Å²) in [4.78, 5) is 57.1. The highest BCUT2D eigenvalue weighted by molar-refractivity contribution is 6.01. The van der Waals surface area contributed by atoms with Crippen molar-refractivity contribution >= 4 is 29.7 Å². The number of nitrogens with zero attached hydrogens (tertiary/aromatic N) is 3. The Balaban J connectivity index is 1.38. The van der Waals surface area contributed by atoms with Gasteiger partial charge in [0.15, 0.2) is 5.78 Å². The van der Waals surface area contributed by atoms with Gasteiger partial charge in [-0.05, 0) is 136 Å². The van der Waals surface area contributed by atoms with E-state index in [1.807, 2.05) is 26.1 Å². The maximum absolute atomic E-state index is 14.6. The molecule has 0 saturated heterocycles. The molecule has 5 aliphatic rings. The van der Waals surface area contributed by atoms with Crippen molar-refractivity contribution in [3.63, 3.8) is 0 Å². The van der Waals surface area contributed by atoms with E-state index in [1.54, 1.807) is 27.2 Å². The molecule has 0 amide bonds. The number of rotatable bonds is 12. The number of carbonyl (C=O) groups excluding carboxylic acids is 3. The summed E-state index contributed by atoms with van der Waals surface area (Å²) in [6.45, 7) is 24.3. The number of fused-ring (bicyclic) bond motifs is 7. The van der Waals surface area contributed by atoms with Crippen LogP contribution in [-0.4, -0.2) is 65.9 Å². The summed E-state index contributed by atoms with van der Waals surface area (Å²) < 4.78 is 11.6. The molecule has 6 rings (SSSR count). The molecule has 7 unspecified atom stereocenters. The largest absolute Gasteiger partial charge is 0.481 e. The molecule has 10 nitrogen and oxygen atoms in total. The number of methoxy groups -OCH3 is 1. The van der Waals surface area contributed by atoms with Crippen molar-refractivity contribution in [3.8, 4) is 5.88 Å². The maximum Gasteiger partial charge on any atom is 0.309 e. The predicted octanol–water partition coefficient (Wildman–Crippen LogP) is 9.63. The summed E-state index contributed by atoms with van der Waals surface area (Å²) in [7, 11) is 3.61. The number of pyridine rings is 1. The lowest BCUT2D eigenvalue weighted by Crippen LogP contribution is -2.66. The lowest BCUT2D eigenvalue weighted by molar-refractivity contribution is -0.233. The Bertz CT molecular complexity index is 1880. The quantitative estimate of drug-likeness (QED) is 0.0945. The second-order valence-corrected chi connectivity index (χ2v) is 20.9. The van der Waals surface area contributed by atoms with Gasteiger partial charge in [-0.3, -0.25) is 29.2 Å². The van der Waals surface area contributed by atoms with Crippen LogP contribution in [0, 0.1) is 56.2 Å². The zero-order valence-corrected chi connectivity index (χ0v) is 37.7. The van der Waals surface area contributed by atoms with Gasteiger partial charge in [0.05, 0.1) is 36.5 Å². The first-order valence-corrected chi connectivity index (χ1v) is 21.9. The maximum atomic E-state index is 14.6. The van der Waals surface area contributed by atoms with Gasteiger partial charge < -0.3 is 14.6 Å². The van der Waals surface area contributed by atoms with Crippen molar-refractivity contribution in [1.29, 1.82) is 0 Å². The molecule has 0 bridgehead atoms. The van der Waals surface area contributed by atoms with E-state index in [0.717, 1.165) is 74.6 Å². The molecule has 1 aromatic heterocycles. The number of esters is 1. The molecule has 1 heterocycles. The van der Waals surface area contributed by atoms with Gasteiger partial charge in [-0.2, -0.15) is 0 Å². The van der Waals surface area contributed by atoms with Crippen LogP contribution in [0.1, 0.15) is 140 Å². The SMILES string of the molecule is CCN(/C(=C(/C)C=O)C12CC[C@]3(C)C(CCC4C5(C)CCC(OC(=O)CC(C)(C)C(=O)O)C(C)(C)C5CCC43C)C1=C(C(C)C)C(=O)C2)N(C)c1ccc(OC)nc1. The van der Waals surface area contributed by atoms with Crippen LogP contribution in [0.25, 0.3) is 0 Å². The zero-order valence-electron chi connectivity index (χ0n) is 37.7. The van der Waals surface area contributed by atoms with Gasteiger partial charge in [-0.25, -0.2) is 4.98 Å². The van der Waals surface area contributed by atoms with E-state index in [2.05, 4.69) is 70.4 Å². The topological polar surface area (TPSA) is 126 Å². The third-order valence-electron chi connectivity index (χ3n) is 17.0. The molecule has 1 aromatic rings. The minimum Gasteiger partial charge on any atom is -0.481 e. The number of ketones is 1. The van der Waals surface area contributed by atoms with E-state index in [1.165, 1.54) is 5.57 Å². The van der Waals surface area contributed by atoms with Gasteiger partial charge in [0, 0.05) is 42.5 Å². The molecule has 10 heteroatoms. The molecular formula is C48H71N3O7. The van der Waals surface area contributed by atoms with Gasteiger partial charge in [0.1, 0.15) is 12.4 Å². The smallest absolute Gasteiger partial charge is 0.309 e. The third-order valence-corrected chi connectivity index (χ3v) is 17.0. The van der Waals surface area contributed by atoms with Crippen LogP contribution in [0.5, 0.6) is 5.88 Å². The summed E-state index contributed by atoms with van der Waals surface area (Å²) in [6, 6.07) is 3.82. The minimum atomic E-state index is -1.18. The van der Waals surface area contributed by atoms with E-state index in [0.29, 0.717) is 36.3 Å². The number of hydrazine groups is 1. The highest BCUT2D eigenvalue weighted by Crippen LogP contribution is 2.77. The van der Waals surface area contributed by atoms with E-state index in [9.17, 15) is 24.3 Å². The van der Waals surface area contributed by atoms with Gasteiger partial charge in [0.2, 0.25) is 5.88 Å². The number of carboxylic acid groups (broad SMARTS) is 1. The molecule has 0 spiro atoms. The number of ether oxygens (including phenoxy) is 2. The second-order valence-electron chi connectivity index (χ2n) is 20.9. The molecule has 4 saturated carbocycles. The molecular weight excluding hydrogens is 731 g/mol. The lowest BCUT2D eigenvalue weighted by Gasteiger charge is -2.72. The van der Waals surface area contributed by atoms with Crippen LogP contribution in [0.15, 0.2) is 40.7 Å². The Morgan fingerprint density at radius 1 is 1.00 bits per heavy atom. The average molecular weight is 802 g/mol. The van der Waals surface area contributed by atoms with E-state index in [-0.39, 0.29) is 51.8 Å². The first kappa shape index (κ1) is 43.9. The number of aldehydes is 1. The Morgan fingerprint density at radius 2 is 1.69 bits per heavy atom. The molecule has 1 N–H and O–H groups in total. The van der Waals surface area contributed by atoms with E-state index in [4.69, 9.17) is 9.47 Å². The second kappa shape index (κ2) is 15.1. The molecule has 0 aliphatic heterocycles. The van der Waals surface area contributed by atoms with Crippen LogP contribution in [0.3, 0.4) is 0 Å². The average Bonchev–Trinajstić information content (AvgIpc) is 3.47. The number of hydrogen-bond donors (Lipinski definition) is 1. The summed E-state index contributed by atoms with van der Waals surface area (Å²) in [6.07, 6.45) is 10.3. The number of aliphatic carboxylic acids is 1. The number of carbonyl (C=O) groups is 4. The van der Waals surface area contributed by atoms with Crippen LogP contribution in [-0.2, 0) is 23.9 Å². The predicted molar refractivity (Wildman–Crippen MR) is 226 cm³/mol. The van der Waals surface area contributed by atoms with Gasteiger partial charge in [-0.1, -0.05) is 48.5 Å². The van der Waals surface area contributed by atoms with Crippen molar-refractivity contribution in [1.82, 2.24) is 9.99 Å². The highest BCUT2D eigenvalue weighted by atomic mass is 16.5. The van der Waals surface area contributed by atoms with E-state index >= 15 is 0 Å². The van der Waals surface area contributed by atoms with Crippen molar-refractivity contribution < 1.29 is 33.8 Å². The van der Waals surface area contributed by atoms with Crippen molar-refractivity contribution in [3.05, 3.63) is 40.7 Å². The van der Waals surface area contributed by atoms with Crippen LogP contribution in [0.2, 0.25) is 0 Å². The number of hydrogen-bond acceptors (Lipinski definition) is 9. The van der Waals surface area contributed by atoms with Gasteiger partial charge in [-0.15, -0.1) is 0 Å². The lowest BCUT2D eigenvalue weighted by atomic mass is 9.33. The molecule has 0 radical (unpaired) electrons. The molecule has 5 aliphatic carbocycles. The first-order chi connectivity index (χ1) is 27.0. The number of carboxylic acids is 1. The molecule has 8 atom stereocenters. The molecule has 4 fully saturated rings. The number of Topliss-reactive ketones (excluding diaryl/α,β-unsaturated/α-hetero) is 1. The monoisotopic (exact) mass is 802 g/mol. The molecule has 0 aromatic carbocycles. The Hall–Kier alpha value is -3.69. The van der Waals surface area contributed by atoms with Crippen LogP contribution in [0.4, 0.5) is 5.69 Å². The molecule has 58 heavy (non-hydrogen) atoms. The fourth-order valence-electron chi connectivity index (χ4n) is 14.0. The van der Waals surface area contributed by atoms with Crippen LogP contribution >= 0.6 is 0 Å². The first-order valence-electron chi connectivity index (χ1n) is 21.9. The van der Waals surface area contributed by atoms with Gasteiger partial charge in [0.25, 0.3) is 0 Å². The van der Waals surface area contributed by atoms with Crippen LogP contribution < -0.4 is 9.75 Å². The zero-order chi connectivity index (χ0) is 43.0. The standard InChI is InChI=1S/C48H71N3O7/c1-14-51(50(12)31-15-18-37(57-13)49-27-31)41(30(4)28-52)48-24-23-46(10)32(40(48)39(29(2)3)33(53)25-48)16-17-35-45(9)21-20-36(58-38(54)26-43(5,6)42(55)56)44(7,8)34(45)19-22-47(35,46)11/h15,18,27-29,32,34-36H,14,16-17,19-26H2,1-13H3,(H,55,56)/b41-30-/t32?,34?,35?,36?,45?,46-,47?,48?/m1/s1. The summed E-state index contributed by atoms with van der Waals surface area (Å²) >= 11 is 0. The highest BCUT2D eigenvalue weighted by Gasteiger charge is 2.71. The third kappa shape index (κ3) is 6.52. The fourth-order valence-corrected chi connectivity index (χ4v) is 14.0. The van der Waals surface area contributed by atoms with Crippen molar-refractivity contribution in [2.24, 2.45) is 56.2 Å². The normalized spacial score (nSPS) is 34.6. The summed E-state index contributed by atoms with van der Waals surface area (Å²) in [5.74, 6) is 0.354. The molecule has 320 valence electrons. The van der Waals surface area contributed by atoms with Crippen molar-refractivity contribution in [2.75, 3.05) is 25.7 Å². The minimum absolute atomic E-state index is 0.00125. The van der Waals surface area contributed by atoms with E-state index < -0.39 is 22.8 Å². The Kier molecular flexibility index (Phi) is 11.4. The van der Waals surface area contributed by atoms with Crippen molar-refractivity contribution in [2.45, 2.75) is 146 Å². The Labute approximate surface area is 347 Å². The Morgan fingerprint density at radius 3 is 2.26 bits per heavy atom. The summed E-state index contributed by atoms with van der Waals surface area (Å²) in [5.41, 5.74) is 2.63. The number of anilines is 1. The number of allylic oxidation sites excluding steroid dienone is 3.